The van der Waals surface area contributed by atoms with Gasteiger partial charge in [-0.15, -0.1) is 0 Å². The third kappa shape index (κ3) is 5.56. The zero-order valence-corrected chi connectivity index (χ0v) is 20.0. The average Bonchev–Trinajstić information content (AvgIpc) is 3.57. The second kappa shape index (κ2) is 10.1. The van der Waals surface area contributed by atoms with Crippen LogP contribution in [0, 0.1) is 5.92 Å². The number of anilines is 1. The second-order valence-corrected chi connectivity index (χ2v) is 8.87. The highest BCUT2D eigenvalue weighted by Crippen LogP contribution is 2.34. The summed E-state index contributed by atoms with van der Waals surface area (Å²) in [7, 11) is 1.41. The van der Waals surface area contributed by atoms with Gasteiger partial charge in [-0.25, -0.2) is 9.78 Å². The summed E-state index contributed by atoms with van der Waals surface area (Å²) in [5.74, 6) is 2.66. The lowest BCUT2D eigenvalue weighted by atomic mass is 10.1. The predicted molar refractivity (Wildman–Crippen MR) is 132 cm³/mol. The second-order valence-electron chi connectivity index (χ2n) is 8.87. The minimum absolute atomic E-state index is 0.376. The largest absolute Gasteiger partial charge is 0.494 e. The van der Waals surface area contributed by atoms with Crippen LogP contribution in [0.25, 0.3) is 11.0 Å². The van der Waals surface area contributed by atoms with Crippen LogP contribution in [0.2, 0.25) is 0 Å². The number of benzene rings is 2. The number of hydrogen-bond donors (Lipinski definition) is 0. The first-order chi connectivity index (χ1) is 16.0. The van der Waals surface area contributed by atoms with Gasteiger partial charge in [0.1, 0.15) is 11.6 Å². The number of fused-ring (bicyclic) bond motifs is 1. The SMILES string of the molecule is CCOc1ccc(Cc2nc3cc(N(CC=C(C)C)C(=O)OC)ccc3n2CC2CC2)cc1. The molecule has 174 valence electrons. The molecule has 0 spiro atoms. The lowest BCUT2D eigenvalue weighted by Gasteiger charge is -2.20. The van der Waals surface area contributed by atoms with Crippen LogP contribution in [0.5, 0.6) is 5.75 Å². The molecule has 0 N–H and O–H groups in total. The van der Waals surface area contributed by atoms with E-state index in [2.05, 4.69) is 22.8 Å². The lowest BCUT2D eigenvalue weighted by Crippen LogP contribution is -2.31. The van der Waals surface area contributed by atoms with Gasteiger partial charge in [0, 0.05) is 25.2 Å². The van der Waals surface area contributed by atoms with Crippen molar-refractivity contribution < 1.29 is 14.3 Å². The van der Waals surface area contributed by atoms with E-state index >= 15 is 0 Å². The van der Waals surface area contributed by atoms with Gasteiger partial charge in [0.15, 0.2) is 0 Å². The van der Waals surface area contributed by atoms with Gasteiger partial charge in [0.25, 0.3) is 0 Å². The Morgan fingerprint density at radius 2 is 1.94 bits per heavy atom. The summed E-state index contributed by atoms with van der Waals surface area (Å²) in [6.07, 6.45) is 4.95. The fraction of sp³-hybridized carbons (Fsp3) is 0.407. The number of methoxy groups -OCH3 is 1. The third-order valence-electron chi connectivity index (χ3n) is 5.93. The van der Waals surface area contributed by atoms with Crippen LogP contribution in [0.1, 0.15) is 45.0 Å². The van der Waals surface area contributed by atoms with Crippen LogP contribution in [-0.4, -0.2) is 35.9 Å². The quantitative estimate of drug-likeness (QED) is 0.379. The zero-order chi connectivity index (χ0) is 23.4. The molecule has 1 amide bonds. The summed E-state index contributed by atoms with van der Waals surface area (Å²) in [6.45, 7) is 8.14. The Hall–Kier alpha value is -3.28. The molecule has 0 radical (unpaired) electrons. The molecule has 1 aliphatic rings. The number of hydrogen-bond acceptors (Lipinski definition) is 4. The Kier molecular flexibility index (Phi) is 7.02. The summed E-state index contributed by atoms with van der Waals surface area (Å²) < 4.78 is 13.0. The minimum Gasteiger partial charge on any atom is -0.494 e. The van der Waals surface area contributed by atoms with Crippen molar-refractivity contribution in [2.75, 3.05) is 25.2 Å². The van der Waals surface area contributed by atoms with E-state index in [-0.39, 0.29) is 6.09 Å². The van der Waals surface area contributed by atoms with Gasteiger partial charge < -0.3 is 14.0 Å². The zero-order valence-electron chi connectivity index (χ0n) is 20.0. The molecular formula is C27H33N3O3. The van der Waals surface area contributed by atoms with E-state index in [4.69, 9.17) is 14.5 Å². The average molecular weight is 448 g/mol. The van der Waals surface area contributed by atoms with Crippen LogP contribution >= 0.6 is 0 Å². The normalized spacial score (nSPS) is 13.1. The van der Waals surface area contributed by atoms with Crippen LogP contribution in [-0.2, 0) is 17.7 Å². The van der Waals surface area contributed by atoms with Crippen molar-refractivity contribution in [2.24, 2.45) is 5.92 Å². The minimum atomic E-state index is -0.376. The van der Waals surface area contributed by atoms with Crippen LogP contribution in [0.15, 0.2) is 54.1 Å². The van der Waals surface area contributed by atoms with Crippen LogP contribution < -0.4 is 9.64 Å². The maximum atomic E-state index is 12.4. The van der Waals surface area contributed by atoms with Gasteiger partial charge in [-0.2, -0.15) is 0 Å². The summed E-state index contributed by atoms with van der Waals surface area (Å²) in [5, 5.41) is 0. The van der Waals surface area contributed by atoms with Gasteiger partial charge in [0.2, 0.25) is 0 Å². The molecule has 1 fully saturated rings. The first kappa shape index (κ1) is 22.9. The highest BCUT2D eigenvalue weighted by atomic mass is 16.5. The topological polar surface area (TPSA) is 56.6 Å². The fourth-order valence-corrected chi connectivity index (χ4v) is 3.96. The highest BCUT2D eigenvalue weighted by molar-refractivity contribution is 5.91. The predicted octanol–water partition coefficient (Wildman–Crippen LogP) is 5.97. The summed E-state index contributed by atoms with van der Waals surface area (Å²) in [6, 6.07) is 14.3. The van der Waals surface area contributed by atoms with Crippen molar-refractivity contribution >= 4 is 22.8 Å². The molecule has 33 heavy (non-hydrogen) atoms. The van der Waals surface area contributed by atoms with Gasteiger partial charge in [0.05, 0.1) is 24.8 Å². The molecule has 0 aliphatic heterocycles. The van der Waals surface area contributed by atoms with Crippen molar-refractivity contribution in [3.05, 3.63) is 65.5 Å². The fourth-order valence-electron chi connectivity index (χ4n) is 3.96. The van der Waals surface area contributed by atoms with E-state index in [1.54, 1.807) is 4.90 Å². The molecule has 4 rings (SSSR count). The molecule has 3 aromatic rings. The van der Waals surface area contributed by atoms with Crippen molar-refractivity contribution in [2.45, 2.75) is 46.6 Å². The maximum Gasteiger partial charge on any atom is 0.414 e. The first-order valence-electron chi connectivity index (χ1n) is 11.7. The highest BCUT2D eigenvalue weighted by Gasteiger charge is 2.25. The van der Waals surface area contributed by atoms with E-state index in [1.807, 2.05) is 51.1 Å². The van der Waals surface area contributed by atoms with Crippen molar-refractivity contribution in [3.8, 4) is 5.75 Å². The lowest BCUT2D eigenvalue weighted by molar-refractivity contribution is 0.179. The van der Waals surface area contributed by atoms with Gasteiger partial charge in [-0.3, -0.25) is 4.90 Å². The van der Waals surface area contributed by atoms with Crippen molar-refractivity contribution in [1.29, 1.82) is 0 Å². The van der Waals surface area contributed by atoms with E-state index < -0.39 is 0 Å². The monoisotopic (exact) mass is 447 g/mol. The Bertz CT molecular complexity index is 1140. The maximum absolute atomic E-state index is 12.4. The van der Waals surface area contributed by atoms with Gasteiger partial charge >= 0.3 is 6.09 Å². The number of allylic oxidation sites excluding steroid dienone is 1. The summed E-state index contributed by atoms with van der Waals surface area (Å²) in [4.78, 5) is 19.1. The van der Waals surface area contributed by atoms with Crippen LogP contribution in [0.4, 0.5) is 10.5 Å². The van der Waals surface area contributed by atoms with E-state index in [1.165, 1.54) is 25.5 Å². The summed E-state index contributed by atoms with van der Waals surface area (Å²) >= 11 is 0. The Morgan fingerprint density at radius 1 is 1.18 bits per heavy atom. The molecule has 2 aromatic carbocycles. The number of aromatic nitrogens is 2. The molecule has 1 aliphatic carbocycles. The van der Waals surface area contributed by atoms with E-state index in [9.17, 15) is 4.79 Å². The molecule has 6 nitrogen and oxygen atoms in total. The molecule has 1 aromatic heterocycles. The van der Waals surface area contributed by atoms with Gasteiger partial charge in [-0.1, -0.05) is 23.8 Å². The Morgan fingerprint density at radius 3 is 2.58 bits per heavy atom. The number of nitrogens with zero attached hydrogens (tertiary/aromatic N) is 3. The van der Waals surface area contributed by atoms with E-state index in [0.29, 0.717) is 13.2 Å². The smallest absolute Gasteiger partial charge is 0.414 e. The van der Waals surface area contributed by atoms with Crippen molar-refractivity contribution in [3.63, 3.8) is 0 Å². The molecule has 1 heterocycles. The number of carbonyl (C=O) groups excluding carboxylic acids is 1. The third-order valence-corrected chi connectivity index (χ3v) is 5.93. The molecular weight excluding hydrogens is 414 g/mol. The Balaban J connectivity index is 1.67. The van der Waals surface area contributed by atoms with Crippen molar-refractivity contribution in [1.82, 2.24) is 9.55 Å². The molecule has 1 saturated carbocycles. The summed E-state index contributed by atoms with van der Waals surface area (Å²) in [5.41, 5.74) is 5.15. The number of rotatable bonds is 9. The van der Waals surface area contributed by atoms with E-state index in [0.717, 1.165) is 52.8 Å². The Labute approximate surface area is 195 Å². The number of amides is 1. The number of imidazole rings is 1. The standard InChI is InChI=1S/C27H33N3O3/c1-5-33-23-11-8-20(9-12-23)16-26-28-24-17-22(29(27(31)32-4)15-14-19(2)3)10-13-25(24)30(26)18-21-6-7-21/h8-14,17,21H,5-7,15-16,18H2,1-4H3. The molecule has 6 heteroatoms. The van der Waals surface area contributed by atoms with Gasteiger partial charge in [-0.05, 0) is 75.4 Å². The molecule has 0 saturated heterocycles. The first-order valence-corrected chi connectivity index (χ1v) is 11.7. The number of carbonyl (C=O) groups is 1. The van der Waals surface area contributed by atoms with Crippen LogP contribution in [0.3, 0.4) is 0 Å². The molecule has 0 bridgehead atoms. The molecule has 0 atom stereocenters. The molecule has 0 unspecified atom stereocenters. The number of ether oxygens (including phenoxy) is 2.